The lowest BCUT2D eigenvalue weighted by atomic mass is 9.85. The van der Waals surface area contributed by atoms with E-state index in [4.69, 9.17) is 15.5 Å². The minimum absolute atomic E-state index is 0.00709. The average Bonchev–Trinajstić information content (AvgIpc) is 3.15. The minimum Gasteiger partial charge on any atom is -0.487 e. The number of alkyl halides is 2. The number of pyridine rings is 1. The fourth-order valence-corrected chi connectivity index (χ4v) is 6.43. The summed E-state index contributed by atoms with van der Waals surface area (Å²) in [5.74, 6) is -3.49. The number of aliphatic imine (C=N–C) groups is 1. The van der Waals surface area contributed by atoms with Gasteiger partial charge in [-0.25, -0.2) is 18.8 Å². The number of carbonyl (C=O) groups excluding carboxylic acids is 2. The molecule has 40 heavy (non-hydrogen) atoms. The van der Waals surface area contributed by atoms with Gasteiger partial charge >= 0.3 is 0 Å². The number of hydrogen-bond donors (Lipinski definition) is 2. The number of nitrogens with zero attached hydrogens (tertiary/aromatic N) is 3. The van der Waals surface area contributed by atoms with Crippen molar-refractivity contribution in [3.05, 3.63) is 64.5 Å². The van der Waals surface area contributed by atoms with Crippen LogP contribution in [0.1, 0.15) is 104 Å². The van der Waals surface area contributed by atoms with Crippen LogP contribution in [0, 0.1) is 0 Å². The Morgan fingerprint density at radius 3 is 2.73 bits per heavy atom. The quantitative estimate of drug-likeness (QED) is 0.511. The SMILES string of the molecule is CC[C@@]12CC/C=C\c3ccc4c(c3)[C@H](CC(C)(C)O4)NC(=O)c3ccc4c(n3)C(CC4(F)F)N(C(=O)C1)C(N)=N2. The van der Waals surface area contributed by atoms with Crippen molar-refractivity contribution in [3.63, 3.8) is 0 Å². The summed E-state index contributed by atoms with van der Waals surface area (Å²) in [6.45, 7) is 5.86. The van der Waals surface area contributed by atoms with E-state index in [1.54, 1.807) is 0 Å². The second-order valence-corrected chi connectivity index (χ2v) is 11.9. The number of ether oxygens (including phenoxy) is 1. The molecule has 8 nitrogen and oxygen atoms in total. The van der Waals surface area contributed by atoms with E-state index in [2.05, 4.69) is 10.3 Å². The van der Waals surface area contributed by atoms with E-state index in [0.29, 0.717) is 31.4 Å². The molecule has 0 saturated heterocycles. The summed E-state index contributed by atoms with van der Waals surface area (Å²) >= 11 is 0. The highest BCUT2D eigenvalue weighted by Crippen LogP contribution is 2.50. The molecule has 1 aromatic carbocycles. The Morgan fingerprint density at radius 2 is 1.98 bits per heavy atom. The molecular weight excluding hydrogens is 516 g/mol. The molecule has 2 aromatic rings. The Kier molecular flexibility index (Phi) is 6.01. The Hall–Kier alpha value is -3.82. The summed E-state index contributed by atoms with van der Waals surface area (Å²) in [6.07, 6.45) is 5.74. The Balaban J connectivity index is 1.48. The van der Waals surface area contributed by atoms with E-state index < -0.39 is 35.4 Å². The molecular formula is C30H33F2N5O3. The van der Waals surface area contributed by atoms with Crippen LogP contribution >= 0.6 is 0 Å². The predicted molar refractivity (Wildman–Crippen MR) is 146 cm³/mol. The molecule has 10 heteroatoms. The van der Waals surface area contributed by atoms with Crippen LogP contribution in [0.25, 0.3) is 6.08 Å². The summed E-state index contributed by atoms with van der Waals surface area (Å²) in [5, 5.41) is 3.05. The number of rotatable bonds is 1. The lowest BCUT2D eigenvalue weighted by Crippen LogP contribution is -2.52. The fourth-order valence-electron chi connectivity index (χ4n) is 6.43. The van der Waals surface area contributed by atoms with Crippen molar-refractivity contribution in [2.75, 3.05) is 0 Å². The second-order valence-electron chi connectivity index (χ2n) is 11.9. The van der Waals surface area contributed by atoms with Crippen LogP contribution in [-0.2, 0) is 10.7 Å². The van der Waals surface area contributed by atoms with Gasteiger partial charge in [-0.3, -0.25) is 14.5 Å². The van der Waals surface area contributed by atoms with E-state index in [-0.39, 0.29) is 41.3 Å². The minimum atomic E-state index is -3.23. The zero-order chi connectivity index (χ0) is 28.4. The van der Waals surface area contributed by atoms with Gasteiger partial charge in [-0.1, -0.05) is 25.1 Å². The van der Waals surface area contributed by atoms with Crippen molar-refractivity contribution in [2.24, 2.45) is 10.7 Å². The van der Waals surface area contributed by atoms with Gasteiger partial charge in [0.15, 0.2) is 5.96 Å². The van der Waals surface area contributed by atoms with Crippen molar-refractivity contribution < 1.29 is 23.1 Å². The van der Waals surface area contributed by atoms with Crippen molar-refractivity contribution in [1.82, 2.24) is 15.2 Å². The monoisotopic (exact) mass is 549 g/mol. The molecule has 0 spiro atoms. The number of fused-ring (bicyclic) bond motifs is 4. The van der Waals surface area contributed by atoms with Crippen molar-refractivity contribution in [2.45, 2.75) is 88.4 Å². The molecule has 6 bridgehead atoms. The van der Waals surface area contributed by atoms with Crippen LogP contribution < -0.4 is 15.8 Å². The van der Waals surface area contributed by atoms with Gasteiger partial charge in [0.05, 0.1) is 29.7 Å². The fraction of sp³-hybridized carbons (Fsp3) is 0.467. The van der Waals surface area contributed by atoms with Gasteiger partial charge in [-0.2, -0.15) is 0 Å². The number of nitrogens with one attached hydrogen (secondary N) is 1. The zero-order valence-electron chi connectivity index (χ0n) is 22.8. The first-order valence-electron chi connectivity index (χ1n) is 13.8. The molecule has 0 radical (unpaired) electrons. The molecule has 0 saturated carbocycles. The van der Waals surface area contributed by atoms with Crippen molar-refractivity contribution >= 4 is 23.8 Å². The number of halogens is 2. The maximum atomic E-state index is 15.2. The lowest BCUT2D eigenvalue weighted by molar-refractivity contribution is -0.132. The molecule has 3 atom stereocenters. The highest BCUT2D eigenvalue weighted by molar-refractivity contribution is 6.00. The summed E-state index contributed by atoms with van der Waals surface area (Å²) in [5.41, 5.74) is 6.55. The topological polar surface area (TPSA) is 110 Å². The maximum absolute atomic E-state index is 15.2. The maximum Gasteiger partial charge on any atom is 0.277 e. The van der Waals surface area contributed by atoms with E-state index in [0.717, 1.165) is 16.0 Å². The molecule has 4 aliphatic heterocycles. The molecule has 3 N–H and O–H groups in total. The number of amides is 2. The molecule has 2 amide bonds. The number of nitrogens with two attached hydrogens (primary N) is 1. The van der Waals surface area contributed by atoms with Gasteiger partial charge in [-0.05, 0) is 62.9 Å². The van der Waals surface area contributed by atoms with Crippen LogP contribution in [0.3, 0.4) is 0 Å². The van der Waals surface area contributed by atoms with E-state index >= 15 is 8.78 Å². The molecule has 210 valence electrons. The largest absolute Gasteiger partial charge is 0.487 e. The van der Waals surface area contributed by atoms with Gasteiger partial charge in [0, 0.05) is 24.0 Å². The summed E-state index contributed by atoms with van der Waals surface area (Å²) in [6, 6.07) is 6.91. The zero-order valence-corrected chi connectivity index (χ0v) is 22.8. The highest BCUT2D eigenvalue weighted by atomic mass is 19.3. The molecule has 1 unspecified atom stereocenters. The van der Waals surface area contributed by atoms with Gasteiger partial charge in [-0.15, -0.1) is 0 Å². The number of carbonyl (C=O) groups is 2. The van der Waals surface area contributed by atoms with Gasteiger partial charge in [0.25, 0.3) is 11.8 Å². The lowest BCUT2D eigenvalue weighted by Gasteiger charge is -2.39. The first-order valence-corrected chi connectivity index (χ1v) is 13.8. The molecule has 5 aliphatic rings. The number of guanidine groups is 1. The van der Waals surface area contributed by atoms with E-state index in [9.17, 15) is 9.59 Å². The molecule has 1 aliphatic carbocycles. The number of aromatic nitrogens is 1. The standard InChI is InChI=1S/C30H33F2N5O3/c1-4-29-12-6-5-7-17-8-11-23-18(13-17)21(14-28(2,3)40-23)35-26(39)20-10-9-19-25(34-20)22(15-30(19,31)32)37(24(38)16-29)27(33)36-29/h5,7-11,13,21-22H,4,6,12,14-16H2,1-3H3,(H2,33,36)(H,35,39)/b7-5-/t21-,22?,29+/m0/s1. The summed E-state index contributed by atoms with van der Waals surface area (Å²) in [4.78, 5) is 37.3. The second kappa shape index (κ2) is 9.11. The smallest absolute Gasteiger partial charge is 0.277 e. The van der Waals surface area contributed by atoms with Gasteiger partial charge in [0.2, 0.25) is 5.91 Å². The normalized spacial score (nSPS) is 29.1. The molecule has 7 rings (SSSR count). The van der Waals surface area contributed by atoms with Gasteiger partial charge in [0.1, 0.15) is 17.0 Å². The van der Waals surface area contributed by atoms with Crippen molar-refractivity contribution in [3.8, 4) is 5.75 Å². The molecule has 5 heterocycles. The Morgan fingerprint density at radius 1 is 1.18 bits per heavy atom. The van der Waals surface area contributed by atoms with Gasteiger partial charge < -0.3 is 15.8 Å². The molecule has 0 fully saturated rings. The molecule has 1 aromatic heterocycles. The van der Waals surface area contributed by atoms with Crippen LogP contribution in [0.5, 0.6) is 5.75 Å². The predicted octanol–water partition coefficient (Wildman–Crippen LogP) is 5.15. The first kappa shape index (κ1) is 26.4. The highest BCUT2D eigenvalue weighted by Gasteiger charge is 2.52. The van der Waals surface area contributed by atoms with E-state index in [1.165, 1.54) is 12.1 Å². The van der Waals surface area contributed by atoms with Crippen LogP contribution in [0.2, 0.25) is 0 Å². The number of allylic oxidation sites excluding steroid dienone is 1. The Bertz CT molecular complexity index is 1470. The van der Waals surface area contributed by atoms with Crippen LogP contribution in [0.15, 0.2) is 41.4 Å². The number of benzene rings is 1. The summed E-state index contributed by atoms with van der Waals surface area (Å²) in [7, 11) is 0. The first-order chi connectivity index (χ1) is 18.9. The number of hydrogen-bond acceptors (Lipinski definition) is 6. The Labute approximate surface area is 231 Å². The third-order valence-corrected chi connectivity index (χ3v) is 8.52. The van der Waals surface area contributed by atoms with Crippen LogP contribution in [0.4, 0.5) is 8.78 Å². The van der Waals surface area contributed by atoms with Crippen LogP contribution in [-0.4, -0.2) is 38.8 Å². The summed E-state index contributed by atoms with van der Waals surface area (Å²) < 4.78 is 36.5. The third-order valence-electron chi connectivity index (χ3n) is 8.52. The third kappa shape index (κ3) is 4.43. The van der Waals surface area contributed by atoms with Crippen molar-refractivity contribution in [1.29, 1.82) is 0 Å². The van der Waals surface area contributed by atoms with E-state index in [1.807, 2.05) is 51.1 Å². The average molecular weight is 550 g/mol.